The van der Waals surface area contributed by atoms with Crippen molar-refractivity contribution in [2.24, 2.45) is 10.2 Å². The van der Waals surface area contributed by atoms with Crippen molar-refractivity contribution in [1.29, 1.82) is 0 Å². The molecule has 118 valence electrons. The van der Waals surface area contributed by atoms with Crippen LogP contribution < -0.4 is 21.5 Å². The van der Waals surface area contributed by atoms with Crippen molar-refractivity contribution in [3.63, 3.8) is 0 Å². The number of rotatable bonds is 5. The summed E-state index contributed by atoms with van der Waals surface area (Å²) in [5, 5.41) is 12.2. The van der Waals surface area contributed by atoms with Crippen molar-refractivity contribution in [2.75, 3.05) is 0 Å². The maximum atomic E-state index is 11.5. The van der Waals surface area contributed by atoms with Gasteiger partial charge in [-0.25, -0.2) is 10.9 Å². The monoisotopic (exact) mass is 308 g/mol. The molecule has 0 bridgehead atoms. The summed E-state index contributed by atoms with van der Waals surface area (Å²) in [6.45, 7) is 0. The Balaban J connectivity index is 1.64. The Morgan fingerprint density at radius 2 is 1.32 bits per heavy atom. The Labute approximate surface area is 125 Å². The number of hydrazone groups is 2. The van der Waals surface area contributed by atoms with Gasteiger partial charge in [0, 0.05) is 12.8 Å². The van der Waals surface area contributed by atoms with Crippen molar-refractivity contribution in [2.45, 2.75) is 37.8 Å². The first-order chi connectivity index (χ1) is 10.6. The minimum Gasteiger partial charge on any atom is -0.344 e. The van der Waals surface area contributed by atoms with Gasteiger partial charge in [-0.05, 0) is 12.8 Å². The van der Waals surface area contributed by atoms with E-state index in [1.54, 1.807) is 0 Å². The smallest absolute Gasteiger partial charge is 0.262 e. The van der Waals surface area contributed by atoms with E-state index < -0.39 is 23.9 Å². The summed E-state index contributed by atoms with van der Waals surface area (Å²) in [7, 11) is 0. The van der Waals surface area contributed by atoms with Crippen molar-refractivity contribution in [1.82, 2.24) is 21.5 Å². The third-order valence-corrected chi connectivity index (χ3v) is 3.19. The summed E-state index contributed by atoms with van der Waals surface area (Å²) < 4.78 is 0. The van der Waals surface area contributed by atoms with Crippen LogP contribution in [-0.4, -0.2) is 48.1 Å². The summed E-state index contributed by atoms with van der Waals surface area (Å²) >= 11 is 0. The molecular weight excluding hydrogens is 292 g/mol. The zero-order chi connectivity index (χ0) is 15.9. The number of carbonyl (C=O) groups excluding carboxylic acids is 4. The largest absolute Gasteiger partial charge is 0.344 e. The van der Waals surface area contributed by atoms with Gasteiger partial charge in [-0.1, -0.05) is 0 Å². The average molecular weight is 308 g/mol. The lowest BCUT2D eigenvalue weighted by Crippen LogP contribution is -2.39. The van der Waals surface area contributed by atoms with E-state index in [-0.39, 0.29) is 11.8 Å². The summed E-state index contributed by atoms with van der Waals surface area (Å²) in [5.41, 5.74) is 4.50. The molecule has 2 unspecified atom stereocenters. The van der Waals surface area contributed by atoms with E-state index in [1.807, 2.05) is 0 Å². The fourth-order valence-corrected chi connectivity index (χ4v) is 2.05. The van der Waals surface area contributed by atoms with Crippen LogP contribution >= 0.6 is 0 Å². The summed E-state index contributed by atoms with van der Waals surface area (Å²) in [5.74, 6) is -1.14. The fraction of sp³-hybridized carbons (Fsp3) is 0.500. The van der Waals surface area contributed by atoms with Gasteiger partial charge in [-0.15, -0.1) is 0 Å². The van der Waals surface area contributed by atoms with Crippen molar-refractivity contribution in [3.05, 3.63) is 0 Å². The lowest BCUT2D eigenvalue weighted by molar-refractivity contribution is -0.125. The van der Waals surface area contributed by atoms with Gasteiger partial charge in [0.25, 0.3) is 11.8 Å². The third kappa shape index (κ3) is 4.36. The lowest BCUT2D eigenvalue weighted by atomic mass is 10.2. The molecule has 2 aliphatic heterocycles. The second-order valence-corrected chi connectivity index (χ2v) is 4.83. The number of hydrogen-bond acceptors (Lipinski definition) is 6. The fourth-order valence-electron chi connectivity index (χ4n) is 2.05. The van der Waals surface area contributed by atoms with E-state index in [1.165, 1.54) is 12.4 Å². The highest BCUT2D eigenvalue weighted by atomic mass is 16.2. The van der Waals surface area contributed by atoms with E-state index in [0.29, 0.717) is 25.7 Å². The van der Waals surface area contributed by atoms with E-state index in [4.69, 9.17) is 0 Å². The molecule has 2 aliphatic rings. The second kappa shape index (κ2) is 7.29. The van der Waals surface area contributed by atoms with Crippen LogP contribution in [0.2, 0.25) is 0 Å². The van der Waals surface area contributed by atoms with E-state index in [0.717, 1.165) is 0 Å². The Morgan fingerprint density at radius 1 is 0.909 bits per heavy atom. The van der Waals surface area contributed by atoms with Crippen LogP contribution in [0.3, 0.4) is 0 Å². The first-order valence-corrected chi connectivity index (χ1v) is 6.79. The molecule has 22 heavy (non-hydrogen) atoms. The first kappa shape index (κ1) is 15.6. The van der Waals surface area contributed by atoms with Crippen LogP contribution in [0, 0.1) is 0 Å². The molecule has 2 heterocycles. The minimum atomic E-state index is -0.563. The molecule has 0 aliphatic carbocycles. The van der Waals surface area contributed by atoms with Gasteiger partial charge in [-0.2, -0.15) is 10.2 Å². The number of carbonyl (C=O) groups is 4. The number of amides is 4. The molecule has 10 heteroatoms. The molecule has 2 saturated heterocycles. The van der Waals surface area contributed by atoms with Crippen LogP contribution in [0.25, 0.3) is 0 Å². The van der Waals surface area contributed by atoms with Crippen molar-refractivity contribution < 1.29 is 19.2 Å². The molecular formula is C12H16N6O4. The second-order valence-electron chi connectivity index (χ2n) is 4.83. The molecule has 2 rings (SSSR count). The summed E-state index contributed by atoms with van der Waals surface area (Å²) in [6, 6.07) is -1.13. The highest BCUT2D eigenvalue weighted by Gasteiger charge is 2.27. The van der Waals surface area contributed by atoms with E-state index >= 15 is 0 Å². The Morgan fingerprint density at radius 3 is 1.64 bits per heavy atom. The molecule has 4 amide bonds. The zero-order valence-corrected chi connectivity index (χ0v) is 11.7. The van der Waals surface area contributed by atoms with Gasteiger partial charge in [0.15, 0.2) is 0 Å². The predicted molar refractivity (Wildman–Crippen MR) is 75.6 cm³/mol. The topological polar surface area (TPSA) is 141 Å². The SMILES string of the molecule is O=C1CCC(C(=O)NN=CC=NNC(=O)C2CCC(=O)N2)N1. The normalized spacial score (nSPS) is 24.5. The molecule has 0 radical (unpaired) electrons. The average Bonchev–Trinajstić information content (AvgIpc) is 3.11. The number of hydrogen-bond donors (Lipinski definition) is 4. The van der Waals surface area contributed by atoms with Crippen LogP contribution in [0.5, 0.6) is 0 Å². The van der Waals surface area contributed by atoms with Gasteiger partial charge >= 0.3 is 0 Å². The Hall–Kier alpha value is -2.78. The molecule has 0 aromatic carbocycles. The lowest BCUT2D eigenvalue weighted by Gasteiger charge is -2.06. The Kier molecular flexibility index (Phi) is 5.17. The van der Waals surface area contributed by atoms with E-state index in [2.05, 4.69) is 31.7 Å². The van der Waals surface area contributed by atoms with Gasteiger partial charge in [0.1, 0.15) is 12.1 Å². The highest BCUT2D eigenvalue weighted by molar-refractivity contribution is 6.16. The van der Waals surface area contributed by atoms with Crippen LogP contribution in [0.1, 0.15) is 25.7 Å². The molecule has 0 aromatic heterocycles. The van der Waals surface area contributed by atoms with Gasteiger partial charge in [0.05, 0.1) is 12.4 Å². The molecule has 2 atom stereocenters. The van der Waals surface area contributed by atoms with Crippen molar-refractivity contribution in [3.8, 4) is 0 Å². The highest BCUT2D eigenvalue weighted by Crippen LogP contribution is 2.06. The summed E-state index contributed by atoms with van der Waals surface area (Å²) in [6.07, 6.45) is 3.90. The summed E-state index contributed by atoms with van der Waals surface area (Å²) in [4.78, 5) is 45.0. The molecule has 0 saturated carbocycles. The van der Waals surface area contributed by atoms with Gasteiger partial charge in [0.2, 0.25) is 11.8 Å². The first-order valence-electron chi connectivity index (χ1n) is 6.79. The van der Waals surface area contributed by atoms with Gasteiger partial charge < -0.3 is 10.6 Å². The standard InChI is InChI=1S/C12H16N6O4/c19-9-3-1-7(15-9)11(21)17-13-5-6-14-18-12(22)8-2-4-10(20)16-8/h5-8H,1-4H2,(H,15,19)(H,16,20)(H,17,21)(H,18,22). The molecule has 0 aromatic rings. The predicted octanol–water partition coefficient (Wildman–Crippen LogP) is -2.25. The maximum Gasteiger partial charge on any atom is 0.262 e. The van der Waals surface area contributed by atoms with Crippen LogP contribution in [0.15, 0.2) is 10.2 Å². The quantitative estimate of drug-likeness (QED) is 0.336. The molecule has 4 N–H and O–H groups in total. The third-order valence-electron chi connectivity index (χ3n) is 3.19. The van der Waals surface area contributed by atoms with E-state index in [9.17, 15) is 19.2 Å². The number of nitrogens with one attached hydrogen (secondary N) is 4. The molecule has 0 spiro atoms. The molecule has 2 fully saturated rings. The zero-order valence-electron chi connectivity index (χ0n) is 11.7. The van der Waals surface area contributed by atoms with Gasteiger partial charge in [-0.3, -0.25) is 19.2 Å². The van der Waals surface area contributed by atoms with Crippen LogP contribution in [-0.2, 0) is 19.2 Å². The van der Waals surface area contributed by atoms with Crippen molar-refractivity contribution >= 4 is 36.1 Å². The minimum absolute atomic E-state index is 0.160. The van der Waals surface area contributed by atoms with Crippen LogP contribution in [0.4, 0.5) is 0 Å². The Bertz CT molecular complexity index is 496. The molecule has 10 nitrogen and oxygen atoms in total. The number of nitrogens with zero attached hydrogens (tertiary/aromatic N) is 2. The maximum absolute atomic E-state index is 11.5.